The summed E-state index contributed by atoms with van der Waals surface area (Å²) >= 11 is 0. The number of methoxy groups -OCH3 is 2. The first kappa shape index (κ1) is 11.9. The molecule has 0 radical (unpaired) electrons. The summed E-state index contributed by atoms with van der Waals surface area (Å²) in [4.78, 5) is 0. The molecule has 3 nitrogen and oxygen atoms in total. The first-order valence-corrected chi connectivity index (χ1v) is 5.00. The van der Waals surface area contributed by atoms with Crippen molar-refractivity contribution < 1.29 is 14.6 Å². The fraction of sp³-hybridized carbons (Fsp3) is 0.500. The zero-order valence-electron chi connectivity index (χ0n) is 9.65. The van der Waals surface area contributed by atoms with Gasteiger partial charge in [-0.1, -0.05) is 13.8 Å². The number of rotatable bonds is 4. The van der Waals surface area contributed by atoms with Crippen LogP contribution in [0.3, 0.4) is 0 Å². The van der Waals surface area contributed by atoms with Gasteiger partial charge >= 0.3 is 0 Å². The van der Waals surface area contributed by atoms with Gasteiger partial charge in [0.05, 0.1) is 20.3 Å². The minimum Gasteiger partial charge on any atom is -0.497 e. The first-order valence-electron chi connectivity index (χ1n) is 5.00. The Labute approximate surface area is 90.6 Å². The fourth-order valence-corrected chi connectivity index (χ4v) is 1.43. The molecular formula is C12H18O3. The molecule has 0 spiro atoms. The number of hydrogen-bond donors (Lipinski definition) is 1. The summed E-state index contributed by atoms with van der Waals surface area (Å²) in [6.07, 6.45) is -0.532. The maximum atomic E-state index is 9.99. The molecule has 1 atom stereocenters. The molecule has 1 N–H and O–H groups in total. The molecule has 0 amide bonds. The van der Waals surface area contributed by atoms with E-state index in [1.807, 2.05) is 26.0 Å². The van der Waals surface area contributed by atoms with E-state index in [0.717, 1.165) is 11.3 Å². The predicted molar refractivity (Wildman–Crippen MR) is 59.3 cm³/mol. The van der Waals surface area contributed by atoms with E-state index in [-0.39, 0.29) is 5.92 Å². The monoisotopic (exact) mass is 210 g/mol. The topological polar surface area (TPSA) is 38.7 Å². The lowest BCUT2D eigenvalue weighted by Gasteiger charge is -2.18. The highest BCUT2D eigenvalue weighted by Crippen LogP contribution is 2.32. The Morgan fingerprint density at radius 2 is 1.80 bits per heavy atom. The lowest BCUT2D eigenvalue weighted by atomic mass is 9.98. The van der Waals surface area contributed by atoms with Crippen LogP contribution in [0.5, 0.6) is 11.5 Å². The van der Waals surface area contributed by atoms with Crippen LogP contribution < -0.4 is 9.47 Å². The third kappa shape index (κ3) is 2.63. The molecule has 1 rings (SSSR count). The molecule has 0 saturated carbocycles. The van der Waals surface area contributed by atoms with Crippen molar-refractivity contribution in [3.05, 3.63) is 23.8 Å². The van der Waals surface area contributed by atoms with E-state index in [2.05, 4.69) is 0 Å². The summed E-state index contributed by atoms with van der Waals surface area (Å²) in [6, 6.07) is 5.43. The van der Waals surface area contributed by atoms with Gasteiger partial charge in [0, 0.05) is 5.56 Å². The van der Waals surface area contributed by atoms with Gasteiger partial charge in [-0.3, -0.25) is 0 Å². The summed E-state index contributed by atoms with van der Waals surface area (Å²) in [7, 11) is 3.20. The van der Waals surface area contributed by atoms with Crippen LogP contribution in [0.25, 0.3) is 0 Å². The molecule has 0 unspecified atom stereocenters. The van der Waals surface area contributed by atoms with E-state index in [9.17, 15) is 5.11 Å². The van der Waals surface area contributed by atoms with Gasteiger partial charge in [-0.15, -0.1) is 0 Å². The summed E-state index contributed by atoms with van der Waals surface area (Å²) in [5, 5.41) is 9.99. The van der Waals surface area contributed by atoms with Crippen molar-refractivity contribution in [3.8, 4) is 11.5 Å². The summed E-state index contributed by atoms with van der Waals surface area (Å²) in [6.45, 7) is 3.92. The van der Waals surface area contributed by atoms with E-state index in [1.165, 1.54) is 0 Å². The van der Waals surface area contributed by atoms with E-state index in [4.69, 9.17) is 9.47 Å². The Bertz CT molecular complexity index is 321. The second-order valence-corrected chi connectivity index (χ2v) is 3.80. The number of ether oxygens (including phenoxy) is 2. The third-order valence-corrected chi connectivity index (χ3v) is 2.39. The van der Waals surface area contributed by atoms with Crippen LogP contribution in [0.4, 0.5) is 0 Å². The van der Waals surface area contributed by atoms with Gasteiger partial charge in [0.2, 0.25) is 0 Å². The minimum atomic E-state index is -0.532. The van der Waals surface area contributed by atoms with Crippen LogP contribution in [-0.2, 0) is 0 Å². The second-order valence-electron chi connectivity index (χ2n) is 3.80. The minimum absolute atomic E-state index is 0.144. The normalized spacial score (nSPS) is 12.7. The summed E-state index contributed by atoms with van der Waals surface area (Å²) in [5.74, 6) is 1.56. The van der Waals surface area contributed by atoms with Crippen molar-refractivity contribution in [1.29, 1.82) is 0 Å². The van der Waals surface area contributed by atoms with E-state index >= 15 is 0 Å². The zero-order chi connectivity index (χ0) is 11.4. The van der Waals surface area contributed by atoms with Crippen molar-refractivity contribution in [2.75, 3.05) is 14.2 Å². The average Bonchev–Trinajstić information content (AvgIpc) is 2.27. The molecule has 3 heteroatoms. The largest absolute Gasteiger partial charge is 0.497 e. The zero-order valence-corrected chi connectivity index (χ0v) is 9.65. The van der Waals surface area contributed by atoms with Crippen molar-refractivity contribution in [3.63, 3.8) is 0 Å². The van der Waals surface area contributed by atoms with Gasteiger partial charge < -0.3 is 14.6 Å². The maximum absolute atomic E-state index is 9.99. The van der Waals surface area contributed by atoms with E-state index < -0.39 is 6.10 Å². The Morgan fingerprint density at radius 1 is 1.13 bits per heavy atom. The predicted octanol–water partition coefficient (Wildman–Crippen LogP) is 2.39. The molecule has 0 heterocycles. The molecule has 1 aromatic rings. The first-order chi connectivity index (χ1) is 7.10. The van der Waals surface area contributed by atoms with Crippen LogP contribution in [0, 0.1) is 5.92 Å². The Balaban J connectivity index is 3.11. The molecule has 0 saturated heterocycles. The molecule has 0 aromatic heterocycles. The Kier molecular flexibility index (Phi) is 3.97. The van der Waals surface area contributed by atoms with Gasteiger partial charge in [-0.2, -0.15) is 0 Å². The van der Waals surface area contributed by atoms with Crippen molar-refractivity contribution >= 4 is 0 Å². The lowest BCUT2D eigenvalue weighted by Crippen LogP contribution is -2.07. The maximum Gasteiger partial charge on any atom is 0.124 e. The molecule has 0 aliphatic carbocycles. The molecular weight excluding hydrogens is 192 g/mol. The van der Waals surface area contributed by atoms with Crippen LogP contribution in [0.2, 0.25) is 0 Å². The van der Waals surface area contributed by atoms with Crippen LogP contribution in [0.15, 0.2) is 18.2 Å². The van der Waals surface area contributed by atoms with Crippen LogP contribution >= 0.6 is 0 Å². The number of aliphatic hydroxyl groups is 1. The molecule has 1 aromatic carbocycles. The van der Waals surface area contributed by atoms with Crippen LogP contribution in [-0.4, -0.2) is 19.3 Å². The second kappa shape index (κ2) is 5.03. The number of hydrogen-bond acceptors (Lipinski definition) is 3. The Hall–Kier alpha value is -1.22. The molecule has 0 aliphatic heterocycles. The molecule has 15 heavy (non-hydrogen) atoms. The SMILES string of the molecule is COc1ccc(OC)c([C@@H](O)C(C)C)c1. The number of benzene rings is 1. The highest BCUT2D eigenvalue weighted by Gasteiger charge is 2.17. The van der Waals surface area contributed by atoms with Crippen molar-refractivity contribution in [2.24, 2.45) is 5.92 Å². The smallest absolute Gasteiger partial charge is 0.124 e. The average molecular weight is 210 g/mol. The van der Waals surface area contributed by atoms with Gasteiger partial charge in [-0.25, -0.2) is 0 Å². The quantitative estimate of drug-likeness (QED) is 0.829. The highest BCUT2D eigenvalue weighted by atomic mass is 16.5. The molecule has 0 bridgehead atoms. The molecule has 0 aliphatic rings. The molecule has 0 fully saturated rings. The lowest BCUT2D eigenvalue weighted by molar-refractivity contribution is 0.123. The van der Waals surface area contributed by atoms with Gasteiger partial charge in [0.1, 0.15) is 11.5 Å². The highest BCUT2D eigenvalue weighted by molar-refractivity contribution is 5.41. The van der Waals surface area contributed by atoms with Crippen molar-refractivity contribution in [2.45, 2.75) is 20.0 Å². The van der Waals surface area contributed by atoms with Gasteiger partial charge in [-0.05, 0) is 24.1 Å². The van der Waals surface area contributed by atoms with E-state index in [1.54, 1.807) is 20.3 Å². The van der Waals surface area contributed by atoms with E-state index in [0.29, 0.717) is 5.75 Å². The van der Waals surface area contributed by atoms with Crippen molar-refractivity contribution in [1.82, 2.24) is 0 Å². The van der Waals surface area contributed by atoms with Gasteiger partial charge in [0.25, 0.3) is 0 Å². The standard InChI is InChI=1S/C12H18O3/c1-8(2)12(13)10-7-9(14-3)5-6-11(10)15-4/h5-8,12-13H,1-4H3/t12-/m0/s1. The summed E-state index contributed by atoms with van der Waals surface area (Å²) in [5.41, 5.74) is 0.770. The van der Waals surface area contributed by atoms with Gasteiger partial charge in [0.15, 0.2) is 0 Å². The fourth-order valence-electron chi connectivity index (χ4n) is 1.43. The third-order valence-electron chi connectivity index (χ3n) is 2.39. The summed E-state index contributed by atoms with van der Waals surface area (Å²) < 4.78 is 10.3. The number of aliphatic hydroxyl groups excluding tert-OH is 1. The Morgan fingerprint density at radius 3 is 2.27 bits per heavy atom. The van der Waals surface area contributed by atoms with Crippen LogP contribution in [0.1, 0.15) is 25.5 Å². The molecule has 84 valence electrons.